The number of hydrogen-bond acceptors (Lipinski definition) is 8. The van der Waals surface area contributed by atoms with Crippen LogP contribution in [-0.4, -0.2) is 57.6 Å². The number of carbonyl (C=O) groups is 3. The van der Waals surface area contributed by atoms with E-state index in [1.165, 1.54) is 0 Å². The van der Waals surface area contributed by atoms with E-state index >= 15 is 0 Å². The van der Waals surface area contributed by atoms with Crippen LogP contribution in [0.2, 0.25) is 0 Å². The first-order valence-corrected chi connectivity index (χ1v) is 12.7. The fraction of sp³-hybridized carbons (Fsp3) is 0.296. The maximum Gasteiger partial charge on any atom is 0.255 e. The van der Waals surface area contributed by atoms with Crippen molar-refractivity contribution in [3.8, 4) is 16.9 Å². The van der Waals surface area contributed by atoms with Crippen molar-refractivity contribution in [1.29, 1.82) is 0 Å². The maximum absolute atomic E-state index is 13.8. The Hall–Kier alpha value is -3.38. The minimum atomic E-state index is -2.57. The lowest BCUT2D eigenvalue weighted by molar-refractivity contribution is -0.144. The van der Waals surface area contributed by atoms with Crippen LogP contribution in [0.1, 0.15) is 28.8 Å². The van der Waals surface area contributed by atoms with Gasteiger partial charge in [-0.3, -0.25) is 14.4 Å². The van der Waals surface area contributed by atoms with Gasteiger partial charge in [0.15, 0.2) is 11.4 Å². The number of rotatable bonds is 3. The lowest BCUT2D eigenvalue weighted by Crippen LogP contribution is -2.57. The number of hydrogen-bond donors (Lipinski definition) is 5. The Morgan fingerprint density at radius 3 is 2.35 bits per heavy atom. The number of phenolic OH excluding ortho intramolecular Hbond substituents is 1. The van der Waals surface area contributed by atoms with Gasteiger partial charge in [-0.1, -0.05) is 12.1 Å². The number of nitrogens with two attached hydrogens (primary N) is 1. The van der Waals surface area contributed by atoms with Crippen molar-refractivity contribution in [2.45, 2.75) is 24.9 Å². The predicted molar refractivity (Wildman–Crippen MR) is 143 cm³/mol. The number of anilines is 1. The van der Waals surface area contributed by atoms with Crippen LogP contribution in [0.4, 0.5) is 5.69 Å². The summed E-state index contributed by atoms with van der Waals surface area (Å²) in [6, 6.07) is 9.56. The number of aliphatic hydroxyl groups is 3. The SMILES string of the molecule is CN(C)c1ccc(-c2cc(I)c(O)c3c2C[C@H]2C[C@H]4CC(O)=C(C(N)=O)C(=O)[C@@]4(O)C(O)=C2C3=O)cc1. The molecule has 1 amide bonds. The van der Waals surface area contributed by atoms with E-state index in [2.05, 4.69) is 0 Å². The quantitative estimate of drug-likeness (QED) is 0.260. The molecule has 0 fully saturated rings. The highest BCUT2D eigenvalue weighted by Gasteiger charge is 2.59. The van der Waals surface area contributed by atoms with Gasteiger partial charge >= 0.3 is 0 Å². The molecule has 0 aliphatic heterocycles. The van der Waals surface area contributed by atoms with Crippen molar-refractivity contribution in [2.24, 2.45) is 17.6 Å². The first kappa shape index (κ1) is 25.3. The molecule has 0 bridgehead atoms. The van der Waals surface area contributed by atoms with E-state index in [1.54, 1.807) is 6.07 Å². The van der Waals surface area contributed by atoms with Crippen LogP contribution < -0.4 is 10.6 Å². The molecule has 0 unspecified atom stereocenters. The fourth-order valence-corrected chi connectivity index (χ4v) is 6.43. The summed E-state index contributed by atoms with van der Waals surface area (Å²) in [5.74, 6) is -6.34. The Morgan fingerprint density at radius 2 is 1.76 bits per heavy atom. The van der Waals surface area contributed by atoms with E-state index in [1.807, 2.05) is 65.9 Å². The van der Waals surface area contributed by atoms with Gasteiger partial charge in [0.05, 0.1) is 9.13 Å². The molecule has 0 heterocycles. The zero-order valence-electron chi connectivity index (χ0n) is 20.1. The molecule has 2 aromatic rings. The van der Waals surface area contributed by atoms with Crippen LogP contribution in [0.25, 0.3) is 11.1 Å². The van der Waals surface area contributed by atoms with Crippen LogP contribution in [-0.2, 0) is 16.0 Å². The van der Waals surface area contributed by atoms with E-state index < -0.39 is 52.0 Å². The number of ketones is 2. The molecule has 5 rings (SSSR count). The molecule has 9 nitrogen and oxygen atoms in total. The molecule has 37 heavy (non-hydrogen) atoms. The topological polar surface area (TPSA) is 161 Å². The van der Waals surface area contributed by atoms with Gasteiger partial charge in [-0.2, -0.15) is 0 Å². The smallest absolute Gasteiger partial charge is 0.255 e. The molecular formula is C27H25IN2O7. The number of aliphatic hydroxyl groups excluding tert-OH is 2. The van der Waals surface area contributed by atoms with Gasteiger partial charge in [-0.15, -0.1) is 0 Å². The number of nitrogens with zero attached hydrogens (tertiary/aromatic N) is 1. The number of aromatic hydroxyl groups is 1. The number of primary amides is 1. The number of Topliss-reactive ketones (excluding diaryl/α,β-unsaturated/α-hetero) is 2. The Morgan fingerprint density at radius 1 is 1.11 bits per heavy atom. The molecule has 10 heteroatoms. The van der Waals surface area contributed by atoms with Crippen LogP contribution in [0.5, 0.6) is 5.75 Å². The zero-order chi connectivity index (χ0) is 27.0. The lowest BCUT2D eigenvalue weighted by Gasteiger charge is -2.45. The number of phenols is 1. The van der Waals surface area contributed by atoms with Crippen molar-refractivity contribution >= 4 is 45.8 Å². The number of halogens is 1. The van der Waals surface area contributed by atoms with E-state index in [9.17, 15) is 34.8 Å². The van der Waals surface area contributed by atoms with Gasteiger partial charge in [-0.05, 0) is 76.2 Å². The highest BCUT2D eigenvalue weighted by molar-refractivity contribution is 14.1. The highest BCUT2D eigenvalue weighted by atomic mass is 127. The average Bonchev–Trinajstić information content (AvgIpc) is 2.83. The summed E-state index contributed by atoms with van der Waals surface area (Å²) in [5.41, 5.74) is 4.93. The minimum absolute atomic E-state index is 0.00945. The van der Waals surface area contributed by atoms with Gasteiger partial charge in [0.1, 0.15) is 22.8 Å². The average molecular weight is 616 g/mol. The number of amides is 1. The van der Waals surface area contributed by atoms with E-state index in [0.717, 1.165) is 16.8 Å². The molecular weight excluding hydrogens is 591 g/mol. The first-order chi connectivity index (χ1) is 17.4. The molecule has 3 atom stereocenters. The number of fused-ring (bicyclic) bond motifs is 3. The first-order valence-electron chi connectivity index (χ1n) is 11.7. The number of carbonyl (C=O) groups excluding carboxylic acids is 3. The zero-order valence-corrected chi connectivity index (χ0v) is 22.2. The van der Waals surface area contributed by atoms with Crippen molar-refractivity contribution in [2.75, 3.05) is 19.0 Å². The Labute approximate surface area is 226 Å². The largest absolute Gasteiger partial charge is 0.511 e. The van der Waals surface area contributed by atoms with Gasteiger partial charge in [0.25, 0.3) is 5.91 Å². The molecule has 0 saturated carbocycles. The third-order valence-electron chi connectivity index (χ3n) is 7.71. The van der Waals surface area contributed by atoms with E-state index in [4.69, 9.17) is 5.73 Å². The summed E-state index contributed by atoms with van der Waals surface area (Å²) in [7, 11) is 3.86. The van der Waals surface area contributed by atoms with Crippen molar-refractivity contribution in [1.82, 2.24) is 0 Å². The summed E-state index contributed by atoms with van der Waals surface area (Å²) in [6.45, 7) is 0. The Kier molecular flexibility index (Phi) is 5.87. The minimum Gasteiger partial charge on any atom is -0.511 e. The molecule has 0 radical (unpaired) electrons. The maximum atomic E-state index is 13.8. The van der Waals surface area contributed by atoms with E-state index in [0.29, 0.717) is 9.13 Å². The molecule has 2 aromatic carbocycles. The number of allylic oxidation sites excluding steroid dienone is 2. The summed E-state index contributed by atoms with van der Waals surface area (Å²) in [6.07, 6.45) is 0.0878. The molecule has 192 valence electrons. The van der Waals surface area contributed by atoms with Crippen molar-refractivity contribution in [3.63, 3.8) is 0 Å². The van der Waals surface area contributed by atoms with Crippen LogP contribution in [0.15, 0.2) is 53.0 Å². The summed E-state index contributed by atoms with van der Waals surface area (Å²) in [5, 5.41) is 43.8. The second kappa shape index (κ2) is 8.59. The van der Waals surface area contributed by atoms with Gasteiger partial charge in [0.2, 0.25) is 5.78 Å². The van der Waals surface area contributed by atoms with Gasteiger partial charge in [-0.25, -0.2) is 0 Å². The highest BCUT2D eigenvalue weighted by Crippen LogP contribution is 2.52. The summed E-state index contributed by atoms with van der Waals surface area (Å²) >= 11 is 1.93. The molecule has 0 aromatic heterocycles. The molecule has 6 N–H and O–H groups in total. The summed E-state index contributed by atoms with van der Waals surface area (Å²) < 4.78 is 0.430. The van der Waals surface area contributed by atoms with E-state index in [-0.39, 0.29) is 36.1 Å². The molecule has 3 aliphatic carbocycles. The second-order valence-corrected chi connectivity index (χ2v) is 11.1. The van der Waals surface area contributed by atoms with Crippen LogP contribution >= 0.6 is 22.6 Å². The standard InChI is InChI=1S/C27H25IN2O7/c1-30(2)14-5-3-11(4-6-14)15-10-17(28)22(32)20-16(15)8-12-7-13-9-18(31)21(26(29)36)25(35)27(13,37)24(34)19(12)23(20)33/h3-6,10,12-13,31-32,34,37H,7-9H2,1-2H3,(H2,29,36)/t12-,13+,27+/m1/s1. The van der Waals surface area contributed by atoms with Crippen LogP contribution in [0.3, 0.4) is 0 Å². The molecule has 0 spiro atoms. The Balaban J connectivity index is 1.68. The van der Waals surface area contributed by atoms with Crippen LogP contribution in [0, 0.1) is 15.4 Å². The van der Waals surface area contributed by atoms with Crippen molar-refractivity contribution < 1.29 is 34.8 Å². The molecule has 3 aliphatic rings. The predicted octanol–water partition coefficient (Wildman–Crippen LogP) is 2.92. The normalized spacial score (nSPS) is 25.0. The number of benzene rings is 2. The molecule has 0 saturated heterocycles. The monoisotopic (exact) mass is 616 g/mol. The van der Waals surface area contributed by atoms with Crippen molar-refractivity contribution in [3.05, 3.63) is 67.7 Å². The Bertz CT molecular complexity index is 1460. The third-order valence-corrected chi connectivity index (χ3v) is 8.53. The lowest BCUT2D eigenvalue weighted by atomic mass is 9.60. The fourth-order valence-electron chi connectivity index (χ4n) is 5.85. The van der Waals surface area contributed by atoms with Gasteiger partial charge in [0, 0.05) is 37.7 Å². The summed E-state index contributed by atoms with van der Waals surface area (Å²) in [4.78, 5) is 40.6. The van der Waals surface area contributed by atoms with Gasteiger partial charge < -0.3 is 31.1 Å². The third kappa shape index (κ3) is 3.57. The second-order valence-electron chi connectivity index (χ2n) is 9.96.